The van der Waals surface area contributed by atoms with E-state index in [1.54, 1.807) is 6.07 Å². The first-order valence-corrected chi connectivity index (χ1v) is 8.95. The number of halogens is 1. The van der Waals surface area contributed by atoms with E-state index in [1.807, 2.05) is 0 Å². The Morgan fingerprint density at radius 1 is 1.10 bits per heavy atom. The fraction of sp³-hybridized carbons (Fsp3) is 0.462. The van der Waals surface area contributed by atoms with Crippen LogP contribution in [0.5, 0.6) is 0 Å². The van der Waals surface area contributed by atoms with E-state index in [9.17, 15) is 4.39 Å². The molecule has 4 bridgehead atoms. The zero-order valence-corrected chi connectivity index (χ0v) is 15.0. The summed E-state index contributed by atoms with van der Waals surface area (Å²) in [5.74, 6) is -0.282. The average molecular weight is 494 g/mol. The molecule has 0 N–H and O–H groups in total. The molecule has 0 amide bonds. The number of hydrogen-bond donors (Lipinski definition) is 0. The zero-order chi connectivity index (χ0) is 13.2. The summed E-state index contributed by atoms with van der Waals surface area (Å²) < 4.78 is 12.1. The minimum atomic E-state index is -0.282. The molecule has 0 atom stereocenters. The van der Waals surface area contributed by atoms with Gasteiger partial charge >= 0.3 is 22.4 Å². The van der Waals surface area contributed by atoms with E-state index in [4.69, 9.17) is 0 Å². The molecule has 7 heteroatoms. The Labute approximate surface area is 141 Å². The largest absolute Gasteiger partial charge is 1.00 e. The van der Waals surface area contributed by atoms with Crippen molar-refractivity contribution in [3.05, 3.63) is 35.6 Å². The molecular formula is C13H17AuFN3PS+. The van der Waals surface area contributed by atoms with E-state index in [-0.39, 0.29) is 36.1 Å². The summed E-state index contributed by atoms with van der Waals surface area (Å²) in [6.45, 7) is 3.76. The van der Waals surface area contributed by atoms with Crippen LogP contribution in [-0.4, -0.2) is 58.9 Å². The third kappa shape index (κ3) is 4.15. The molecule has 5 rings (SSSR count). The molecule has 4 aliphatic heterocycles. The maximum Gasteiger partial charge on any atom is 1.00 e. The van der Waals surface area contributed by atoms with Crippen molar-refractivity contribution >= 4 is 25.5 Å². The molecule has 3 nitrogen and oxygen atoms in total. The number of benzene rings is 1. The second kappa shape index (κ2) is 7.52. The van der Waals surface area contributed by atoms with Gasteiger partial charge in [-0.3, -0.25) is 4.39 Å². The Balaban J connectivity index is 0.000000141. The minimum Gasteiger partial charge on any atom is -0.265 e. The summed E-state index contributed by atoms with van der Waals surface area (Å²) in [5, 5.41) is 1.46. The van der Waals surface area contributed by atoms with E-state index >= 15 is 0 Å². The van der Waals surface area contributed by atoms with Gasteiger partial charge in [0.05, 0.1) is 20.0 Å². The van der Waals surface area contributed by atoms with Gasteiger partial charge < -0.3 is 0 Å². The van der Waals surface area contributed by atoms with Crippen molar-refractivity contribution in [3.8, 4) is 0 Å². The molecule has 4 heterocycles. The smallest absolute Gasteiger partial charge is 0.265 e. The first-order chi connectivity index (χ1) is 9.22. The summed E-state index contributed by atoms with van der Waals surface area (Å²) in [7, 11) is 0.0297. The summed E-state index contributed by atoms with van der Waals surface area (Å²) in [6.07, 6.45) is 4.37. The topological polar surface area (TPSA) is 9.72 Å². The standard InChI is InChI=1S/C7H4FS.C6H12N3P.Au/c8-7-3-1-6(5-9)2-4-7;1-7-2-9-3-8(1)5-10(4-7)6-9;/h1,3-5H;1-6H2;/q-1;;+1/p+1. The van der Waals surface area contributed by atoms with Crippen molar-refractivity contribution in [2.75, 3.05) is 38.9 Å². The van der Waals surface area contributed by atoms with Crippen molar-refractivity contribution in [2.24, 2.45) is 0 Å². The van der Waals surface area contributed by atoms with Gasteiger partial charge in [0.1, 0.15) is 18.9 Å². The van der Waals surface area contributed by atoms with Crippen LogP contribution in [0.15, 0.2) is 18.2 Å². The monoisotopic (exact) mass is 494 g/mol. The van der Waals surface area contributed by atoms with Crippen LogP contribution in [0.25, 0.3) is 0 Å². The molecule has 0 aliphatic carbocycles. The van der Waals surface area contributed by atoms with Crippen molar-refractivity contribution in [3.63, 3.8) is 0 Å². The summed E-state index contributed by atoms with van der Waals surface area (Å²) >= 11 is 4.58. The van der Waals surface area contributed by atoms with Gasteiger partial charge in [-0.05, 0) is 0 Å². The number of rotatable bonds is 1. The van der Waals surface area contributed by atoms with E-state index in [2.05, 4.69) is 33.0 Å². The minimum absolute atomic E-state index is 0. The first-order valence-electron chi connectivity index (χ1n) is 6.36. The van der Waals surface area contributed by atoms with Gasteiger partial charge in [0.15, 0.2) is 0 Å². The Morgan fingerprint density at radius 2 is 1.65 bits per heavy atom. The van der Waals surface area contributed by atoms with Crippen LogP contribution < -0.4 is 0 Å². The third-order valence-electron chi connectivity index (χ3n) is 3.47. The van der Waals surface area contributed by atoms with Gasteiger partial charge in [-0.1, -0.05) is 5.37 Å². The summed E-state index contributed by atoms with van der Waals surface area (Å²) in [5.41, 5.74) is 0.742. The summed E-state index contributed by atoms with van der Waals surface area (Å²) in [6, 6.07) is 6.86. The van der Waals surface area contributed by atoms with Crippen molar-refractivity contribution in [1.29, 1.82) is 0 Å². The van der Waals surface area contributed by atoms with Gasteiger partial charge in [0, 0.05) is 13.7 Å². The average Bonchev–Trinajstić information content (AvgIpc) is 2.39. The van der Waals surface area contributed by atoms with Crippen LogP contribution in [0.1, 0.15) is 5.56 Å². The van der Waals surface area contributed by atoms with Crippen LogP contribution in [0.4, 0.5) is 4.39 Å². The molecule has 0 spiro atoms. The predicted molar refractivity (Wildman–Crippen MR) is 81.0 cm³/mol. The molecule has 20 heavy (non-hydrogen) atoms. The molecule has 4 fully saturated rings. The molecule has 0 aromatic heterocycles. The Hall–Kier alpha value is 0.290. The fourth-order valence-corrected chi connectivity index (χ4v) is 5.82. The van der Waals surface area contributed by atoms with Crippen molar-refractivity contribution < 1.29 is 26.8 Å². The predicted octanol–water partition coefficient (Wildman–Crippen LogP) is 1.86. The van der Waals surface area contributed by atoms with Gasteiger partial charge in [0.25, 0.3) is 0 Å². The summed E-state index contributed by atoms with van der Waals surface area (Å²) in [4.78, 5) is 7.76. The van der Waals surface area contributed by atoms with E-state index in [1.165, 1.54) is 56.4 Å². The van der Waals surface area contributed by atoms with Gasteiger partial charge in [-0.25, -0.2) is 14.7 Å². The van der Waals surface area contributed by atoms with Crippen LogP contribution in [0.3, 0.4) is 0 Å². The second-order valence-corrected chi connectivity index (χ2v) is 7.93. The maximum atomic E-state index is 12.1. The number of thiocarbonyl (C=S) groups is 1. The molecule has 4 aliphatic rings. The molecule has 1 aromatic rings. The van der Waals surface area contributed by atoms with Crippen molar-refractivity contribution in [1.82, 2.24) is 14.7 Å². The third-order valence-corrected chi connectivity index (χ3v) is 6.40. The van der Waals surface area contributed by atoms with Gasteiger partial charge in [0.2, 0.25) is 0 Å². The van der Waals surface area contributed by atoms with Crippen LogP contribution in [0.2, 0.25) is 0 Å². The van der Waals surface area contributed by atoms with Gasteiger partial charge in [-0.15, -0.1) is 29.8 Å². The van der Waals surface area contributed by atoms with Crippen LogP contribution in [0, 0.1) is 11.9 Å². The quantitative estimate of drug-likeness (QED) is 0.255. The molecule has 0 saturated carbocycles. The van der Waals surface area contributed by atoms with E-state index in [0.717, 1.165) is 5.56 Å². The Morgan fingerprint density at radius 3 is 2.00 bits per heavy atom. The number of nitrogens with zero attached hydrogens (tertiary/aromatic N) is 3. The van der Waals surface area contributed by atoms with E-state index < -0.39 is 0 Å². The first kappa shape index (κ1) is 16.7. The van der Waals surface area contributed by atoms with Gasteiger partial charge in [-0.2, -0.15) is 12.2 Å². The maximum absolute atomic E-state index is 12.1. The molecular weight excluding hydrogens is 477 g/mol. The normalized spacial score (nSPS) is 32.9. The Bertz CT molecular complexity index is 403. The number of hydrogen-bond acceptors (Lipinski definition) is 4. The van der Waals surface area contributed by atoms with Crippen molar-refractivity contribution in [2.45, 2.75) is 0 Å². The Kier molecular flexibility index (Phi) is 6.26. The molecule has 1 aromatic carbocycles. The molecule has 0 unspecified atom stereocenters. The second-order valence-electron chi connectivity index (χ2n) is 5.24. The SMILES string of the molecule is C1N2CN3CN1C[PH+](C2)C3.Fc1c[c-]c(C=S)cc1.[Au+]. The van der Waals surface area contributed by atoms with Crippen LogP contribution in [-0.2, 0) is 22.4 Å². The molecule has 4 saturated heterocycles. The molecule has 112 valence electrons. The molecule has 0 radical (unpaired) electrons. The zero-order valence-electron chi connectivity index (χ0n) is 11.0. The van der Waals surface area contributed by atoms with E-state index in [0.29, 0.717) is 0 Å². The van der Waals surface area contributed by atoms with Crippen LogP contribution >= 0.6 is 20.1 Å². The fourth-order valence-electron chi connectivity index (χ4n) is 2.87.